The highest BCUT2D eigenvalue weighted by molar-refractivity contribution is 5.95. The predicted molar refractivity (Wildman–Crippen MR) is 219 cm³/mol. The second-order valence-corrected chi connectivity index (χ2v) is 17.5. The standard InChI is InChI=1S/C46H56N4O8/c1-8-28-21-29-24-45(41(52)56-6,37-31(15-19-49(25-28)26-29)30-13-10-11-14-34(30)47-37)33-22-32-35(23-36(33)55-5)48(4)39-44(32)17-20-50-18-12-16-43(9-2,38(44)50)40(58-27(3)51)46(39,54)42(53)57-7/h10-14,16,21-23,29,38-40,47,54H,8-9,15,17-20,24-26H2,1-7H3/t29-,38+,39-,40-,43-,44-,45-,46+/m1/s1. The SMILES string of the molecule is CCC1=C[C@H]2CN(CCc3c([nH]c4ccccc34)[C@](C(=O)OC)(c3cc4c(cc3OC)N(C)[C@H]3[C@@](O)(C(=O)OC)[C@H](OC(C)=O)[C@]5(CC)C=CCN6CC[C@]43[C@@H]65)C2)C1. The number of likely N-dealkylation sites (N-methyl/N-ethyl adjacent to an activating group) is 1. The number of fused-ring (bicyclic) bond motifs is 6. The normalized spacial score (nSPS) is 34.7. The monoisotopic (exact) mass is 792 g/mol. The molecule has 1 unspecified atom stereocenters. The molecule has 2 N–H and O–H groups in total. The minimum atomic E-state index is -2.28. The van der Waals surface area contributed by atoms with Gasteiger partial charge in [-0.1, -0.05) is 55.8 Å². The minimum absolute atomic E-state index is 0.0217. The first-order valence-corrected chi connectivity index (χ1v) is 20.8. The molecule has 12 nitrogen and oxygen atoms in total. The molecule has 9 rings (SSSR count). The molecule has 308 valence electrons. The van der Waals surface area contributed by atoms with Gasteiger partial charge in [0.2, 0.25) is 5.60 Å². The largest absolute Gasteiger partial charge is 0.496 e. The third-order valence-corrected chi connectivity index (χ3v) is 15.1. The summed E-state index contributed by atoms with van der Waals surface area (Å²) in [5.41, 5.74) is 1.10. The zero-order valence-corrected chi connectivity index (χ0v) is 34.7. The Bertz CT molecular complexity index is 2270. The van der Waals surface area contributed by atoms with Crippen molar-refractivity contribution < 1.29 is 38.4 Å². The van der Waals surface area contributed by atoms with Crippen molar-refractivity contribution in [1.82, 2.24) is 14.8 Å². The van der Waals surface area contributed by atoms with Crippen LogP contribution in [0.4, 0.5) is 5.69 Å². The summed E-state index contributed by atoms with van der Waals surface area (Å²) in [5.74, 6) is -1.31. The number of rotatable bonds is 7. The number of para-hydroxylation sites is 1. The Hall–Kier alpha value is -4.65. The number of aromatic amines is 1. The summed E-state index contributed by atoms with van der Waals surface area (Å²) in [7, 11) is 6.24. The lowest BCUT2D eigenvalue weighted by atomic mass is 9.47. The Morgan fingerprint density at radius 3 is 2.48 bits per heavy atom. The Kier molecular flexibility index (Phi) is 9.18. The number of nitrogens with one attached hydrogen (secondary N) is 1. The van der Waals surface area contributed by atoms with Crippen molar-refractivity contribution in [2.75, 3.05) is 66.0 Å². The molecule has 0 radical (unpaired) electrons. The fraction of sp³-hybridized carbons (Fsp3) is 0.543. The van der Waals surface area contributed by atoms with Crippen molar-refractivity contribution >= 4 is 34.5 Å². The summed E-state index contributed by atoms with van der Waals surface area (Å²) < 4.78 is 24.0. The van der Waals surface area contributed by atoms with Gasteiger partial charge in [-0.3, -0.25) is 19.4 Å². The smallest absolute Gasteiger partial charge is 0.344 e. The average Bonchev–Trinajstić information content (AvgIpc) is 3.89. The number of anilines is 1. The molecule has 12 heteroatoms. The lowest BCUT2D eigenvalue weighted by Gasteiger charge is -2.63. The van der Waals surface area contributed by atoms with E-state index in [9.17, 15) is 14.7 Å². The molecule has 1 saturated carbocycles. The summed E-state index contributed by atoms with van der Waals surface area (Å²) in [6, 6.07) is 11.2. The zero-order valence-electron chi connectivity index (χ0n) is 34.7. The van der Waals surface area contributed by atoms with E-state index in [1.165, 1.54) is 26.7 Å². The van der Waals surface area contributed by atoms with E-state index < -0.39 is 45.9 Å². The molecule has 5 aliphatic heterocycles. The van der Waals surface area contributed by atoms with Crippen LogP contribution in [0.1, 0.15) is 68.8 Å². The van der Waals surface area contributed by atoms with Gasteiger partial charge in [0.25, 0.3) is 0 Å². The van der Waals surface area contributed by atoms with Crippen LogP contribution in [0.3, 0.4) is 0 Å². The number of aromatic nitrogens is 1. The Balaban J connectivity index is 1.37. The molecule has 1 aliphatic carbocycles. The fourth-order valence-electron chi connectivity index (χ4n) is 13.0. The van der Waals surface area contributed by atoms with Gasteiger partial charge < -0.3 is 33.9 Å². The highest BCUT2D eigenvalue weighted by Gasteiger charge is 2.80. The van der Waals surface area contributed by atoms with Gasteiger partial charge in [0.1, 0.15) is 11.2 Å². The van der Waals surface area contributed by atoms with Crippen molar-refractivity contribution in [3.05, 3.63) is 82.6 Å². The molecule has 1 saturated heterocycles. The number of hydrogen-bond acceptors (Lipinski definition) is 11. The molecule has 58 heavy (non-hydrogen) atoms. The van der Waals surface area contributed by atoms with Crippen molar-refractivity contribution in [2.45, 2.75) is 87.5 Å². The molecule has 1 spiro atoms. The molecule has 6 aliphatic rings. The second-order valence-electron chi connectivity index (χ2n) is 17.5. The van der Waals surface area contributed by atoms with Crippen LogP contribution in [0.15, 0.2) is 60.2 Å². The van der Waals surface area contributed by atoms with Crippen LogP contribution in [0.25, 0.3) is 10.9 Å². The fourth-order valence-corrected chi connectivity index (χ4v) is 13.0. The van der Waals surface area contributed by atoms with Gasteiger partial charge in [-0.05, 0) is 67.8 Å². The molecule has 6 heterocycles. The van der Waals surface area contributed by atoms with Gasteiger partial charge in [-0.25, -0.2) is 4.79 Å². The number of ether oxygens (including phenoxy) is 4. The molecular weight excluding hydrogens is 737 g/mol. The number of carbonyl (C=O) groups excluding carboxylic acids is 3. The highest BCUT2D eigenvalue weighted by atomic mass is 16.6. The van der Waals surface area contributed by atoms with E-state index in [0.29, 0.717) is 43.7 Å². The summed E-state index contributed by atoms with van der Waals surface area (Å²) in [6.45, 7) is 9.44. The Labute approximate surface area is 340 Å². The van der Waals surface area contributed by atoms with E-state index in [2.05, 4.69) is 58.1 Å². The average molecular weight is 793 g/mol. The number of aliphatic hydroxyl groups is 1. The number of methoxy groups -OCH3 is 3. The Morgan fingerprint density at radius 1 is 1.00 bits per heavy atom. The summed E-state index contributed by atoms with van der Waals surface area (Å²) in [5, 5.41) is 14.4. The first-order chi connectivity index (χ1) is 27.9. The second kappa shape index (κ2) is 13.7. The number of benzene rings is 2. The van der Waals surface area contributed by atoms with E-state index in [1.54, 1.807) is 7.11 Å². The number of H-pyrrole nitrogens is 1. The van der Waals surface area contributed by atoms with E-state index in [0.717, 1.165) is 65.9 Å². The summed E-state index contributed by atoms with van der Waals surface area (Å²) in [6.07, 6.45) is 8.43. The summed E-state index contributed by atoms with van der Waals surface area (Å²) in [4.78, 5) is 53.4. The third-order valence-electron chi connectivity index (χ3n) is 15.1. The van der Waals surface area contributed by atoms with Gasteiger partial charge >= 0.3 is 17.9 Å². The van der Waals surface area contributed by atoms with E-state index >= 15 is 4.79 Å². The van der Waals surface area contributed by atoms with Crippen molar-refractivity contribution in [3.8, 4) is 5.75 Å². The van der Waals surface area contributed by atoms with Crippen LogP contribution < -0.4 is 9.64 Å². The zero-order chi connectivity index (χ0) is 40.9. The van der Waals surface area contributed by atoms with Crippen LogP contribution in [-0.2, 0) is 45.8 Å². The molecule has 2 aromatic carbocycles. The lowest BCUT2D eigenvalue weighted by Crippen LogP contribution is -2.81. The maximum Gasteiger partial charge on any atom is 0.344 e. The molecule has 3 aromatic rings. The third kappa shape index (κ3) is 4.94. The van der Waals surface area contributed by atoms with E-state index in [4.69, 9.17) is 18.9 Å². The maximum absolute atomic E-state index is 15.3. The van der Waals surface area contributed by atoms with Gasteiger partial charge in [-0.15, -0.1) is 0 Å². The molecule has 0 amide bonds. The highest BCUT2D eigenvalue weighted by Crippen LogP contribution is 2.68. The van der Waals surface area contributed by atoms with Crippen molar-refractivity contribution in [2.24, 2.45) is 11.3 Å². The van der Waals surface area contributed by atoms with Crippen LogP contribution in [0.5, 0.6) is 5.75 Å². The molecular formula is C46H56N4O8. The maximum atomic E-state index is 15.3. The number of carbonyl (C=O) groups is 3. The first-order valence-electron chi connectivity index (χ1n) is 20.8. The molecule has 9 atom stereocenters. The van der Waals surface area contributed by atoms with Gasteiger partial charge in [0.05, 0.1) is 27.4 Å². The molecule has 1 aromatic heterocycles. The van der Waals surface area contributed by atoms with Crippen LogP contribution in [0, 0.1) is 11.3 Å². The number of hydrogen-bond donors (Lipinski definition) is 2. The van der Waals surface area contributed by atoms with Crippen LogP contribution in [0.2, 0.25) is 0 Å². The van der Waals surface area contributed by atoms with Crippen molar-refractivity contribution in [1.29, 1.82) is 0 Å². The number of nitrogens with zero attached hydrogens (tertiary/aromatic N) is 3. The van der Waals surface area contributed by atoms with Gasteiger partial charge in [-0.2, -0.15) is 0 Å². The quantitative estimate of drug-likeness (QED) is 0.194. The van der Waals surface area contributed by atoms with Gasteiger partial charge in [0, 0.05) is 90.9 Å². The Morgan fingerprint density at radius 2 is 1.78 bits per heavy atom. The van der Waals surface area contributed by atoms with E-state index in [1.807, 2.05) is 37.1 Å². The predicted octanol–water partition coefficient (Wildman–Crippen LogP) is 4.80. The minimum Gasteiger partial charge on any atom is -0.496 e. The van der Waals surface area contributed by atoms with Gasteiger partial charge in [0.15, 0.2) is 6.10 Å². The summed E-state index contributed by atoms with van der Waals surface area (Å²) >= 11 is 0. The van der Waals surface area contributed by atoms with E-state index in [-0.39, 0.29) is 17.9 Å². The first kappa shape index (κ1) is 38.8. The topological polar surface area (TPSA) is 134 Å². The molecule has 2 bridgehead atoms. The number of esters is 3. The van der Waals surface area contributed by atoms with Crippen LogP contribution >= 0.6 is 0 Å². The lowest BCUT2D eigenvalue weighted by molar-refractivity contribution is -0.228. The molecule has 2 fully saturated rings. The van der Waals surface area contributed by atoms with Crippen molar-refractivity contribution in [3.63, 3.8) is 0 Å². The van der Waals surface area contributed by atoms with Crippen LogP contribution in [-0.4, -0.2) is 123 Å².